The van der Waals surface area contributed by atoms with Crippen LogP contribution in [0.25, 0.3) is 0 Å². The minimum atomic E-state index is 0.482. The molecule has 1 saturated carbocycles. The number of hydrogen-bond acceptors (Lipinski definition) is 0. The topological polar surface area (TPSA) is 0 Å². The van der Waals surface area contributed by atoms with Gasteiger partial charge in [-0.25, -0.2) is 0 Å². The summed E-state index contributed by atoms with van der Waals surface area (Å²) < 4.78 is 0. The van der Waals surface area contributed by atoms with Crippen LogP contribution in [0.1, 0.15) is 60.8 Å². The lowest BCUT2D eigenvalue weighted by Gasteiger charge is -2.38. The SMILES string of the molecule is CC(C)=C1CC(C)CC(C(C)(C)C)C1. The van der Waals surface area contributed by atoms with Gasteiger partial charge in [0.2, 0.25) is 0 Å². The van der Waals surface area contributed by atoms with E-state index in [9.17, 15) is 0 Å². The summed E-state index contributed by atoms with van der Waals surface area (Å²) in [5.41, 5.74) is 3.77. The smallest absolute Gasteiger partial charge is 0.0284 e. The highest BCUT2D eigenvalue weighted by atomic mass is 14.4. The Morgan fingerprint density at radius 3 is 2.14 bits per heavy atom. The molecule has 0 heterocycles. The van der Waals surface area contributed by atoms with Crippen LogP contribution in [0.5, 0.6) is 0 Å². The molecule has 0 aromatic heterocycles. The fraction of sp³-hybridized carbons (Fsp3) is 0.857. The Bertz CT molecular complexity index is 223. The zero-order valence-electron chi connectivity index (χ0n) is 10.8. The van der Waals surface area contributed by atoms with Gasteiger partial charge in [0, 0.05) is 0 Å². The van der Waals surface area contributed by atoms with Gasteiger partial charge in [-0.3, -0.25) is 0 Å². The predicted octanol–water partition coefficient (Wildman–Crippen LogP) is 4.81. The molecule has 1 fully saturated rings. The summed E-state index contributed by atoms with van der Waals surface area (Å²) in [6.45, 7) is 14.1. The van der Waals surface area contributed by atoms with Crippen LogP contribution in [0.3, 0.4) is 0 Å². The third-order valence-corrected chi connectivity index (χ3v) is 3.71. The Hall–Kier alpha value is -0.260. The van der Waals surface area contributed by atoms with E-state index in [-0.39, 0.29) is 0 Å². The van der Waals surface area contributed by atoms with Crippen molar-refractivity contribution in [3.63, 3.8) is 0 Å². The highest BCUT2D eigenvalue weighted by molar-refractivity contribution is 5.14. The van der Waals surface area contributed by atoms with Crippen molar-refractivity contribution >= 4 is 0 Å². The van der Waals surface area contributed by atoms with E-state index in [1.165, 1.54) is 19.3 Å². The van der Waals surface area contributed by atoms with Crippen molar-refractivity contribution in [2.24, 2.45) is 17.3 Å². The van der Waals surface area contributed by atoms with Crippen molar-refractivity contribution in [3.8, 4) is 0 Å². The number of rotatable bonds is 0. The Labute approximate surface area is 89.8 Å². The highest BCUT2D eigenvalue weighted by Gasteiger charge is 2.31. The Morgan fingerprint density at radius 1 is 1.14 bits per heavy atom. The van der Waals surface area contributed by atoms with Gasteiger partial charge >= 0.3 is 0 Å². The summed E-state index contributed by atoms with van der Waals surface area (Å²) in [6, 6.07) is 0. The maximum atomic E-state index is 2.40. The molecule has 1 aliphatic carbocycles. The first-order valence-electron chi connectivity index (χ1n) is 5.96. The molecule has 2 unspecified atom stereocenters. The van der Waals surface area contributed by atoms with Crippen molar-refractivity contribution in [1.82, 2.24) is 0 Å². The van der Waals surface area contributed by atoms with Crippen molar-refractivity contribution in [1.29, 1.82) is 0 Å². The summed E-state index contributed by atoms with van der Waals surface area (Å²) in [4.78, 5) is 0. The Kier molecular flexibility index (Phi) is 3.44. The molecule has 14 heavy (non-hydrogen) atoms. The van der Waals surface area contributed by atoms with Gasteiger partial charge in [-0.15, -0.1) is 0 Å². The van der Waals surface area contributed by atoms with Gasteiger partial charge in [0.25, 0.3) is 0 Å². The van der Waals surface area contributed by atoms with Gasteiger partial charge in [-0.05, 0) is 50.4 Å². The van der Waals surface area contributed by atoms with E-state index in [2.05, 4.69) is 41.5 Å². The van der Waals surface area contributed by atoms with Gasteiger partial charge in [-0.2, -0.15) is 0 Å². The molecule has 2 atom stereocenters. The van der Waals surface area contributed by atoms with Crippen LogP contribution in [0, 0.1) is 17.3 Å². The molecule has 0 spiro atoms. The van der Waals surface area contributed by atoms with Gasteiger partial charge in [0.05, 0.1) is 0 Å². The third-order valence-electron chi connectivity index (χ3n) is 3.71. The summed E-state index contributed by atoms with van der Waals surface area (Å²) >= 11 is 0. The lowest BCUT2D eigenvalue weighted by molar-refractivity contribution is 0.175. The van der Waals surface area contributed by atoms with Crippen molar-refractivity contribution in [2.75, 3.05) is 0 Å². The van der Waals surface area contributed by atoms with Crippen LogP contribution >= 0.6 is 0 Å². The molecule has 0 aromatic rings. The minimum Gasteiger partial charge on any atom is -0.0772 e. The summed E-state index contributed by atoms with van der Waals surface area (Å²) in [7, 11) is 0. The normalized spacial score (nSPS) is 29.1. The lowest BCUT2D eigenvalue weighted by Crippen LogP contribution is -2.27. The van der Waals surface area contributed by atoms with Gasteiger partial charge in [0.1, 0.15) is 0 Å². The zero-order chi connectivity index (χ0) is 10.9. The van der Waals surface area contributed by atoms with Gasteiger partial charge in [0.15, 0.2) is 0 Å². The van der Waals surface area contributed by atoms with Crippen molar-refractivity contribution < 1.29 is 0 Å². The lowest BCUT2D eigenvalue weighted by atomic mass is 9.67. The Balaban J connectivity index is 2.79. The van der Waals surface area contributed by atoms with Crippen molar-refractivity contribution in [2.45, 2.75) is 60.8 Å². The quantitative estimate of drug-likeness (QED) is 0.486. The largest absolute Gasteiger partial charge is 0.0772 e. The minimum absolute atomic E-state index is 0.482. The first-order chi connectivity index (χ1) is 6.30. The second-order valence-corrected chi connectivity index (χ2v) is 6.42. The van der Waals surface area contributed by atoms with Crippen molar-refractivity contribution in [3.05, 3.63) is 11.1 Å². The molecule has 0 bridgehead atoms. The molecule has 0 N–H and O–H groups in total. The van der Waals surface area contributed by atoms with E-state index in [0.717, 1.165) is 11.8 Å². The first-order valence-corrected chi connectivity index (χ1v) is 5.96. The molecule has 82 valence electrons. The van der Waals surface area contributed by atoms with Crippen LogP contribution in [-0.2, 0) is 0 Å². The standard InChI is InChI=1S/C14H26/c1-10(2)12-7-11(3)8-13(9-12)14(4,5)6/h11,13H,7-9H2,1-6H3. The molecular weight excluding hydrogens is 168 g/mol. The summed E-state index contributed by atoms with van der Waals surface area (Å²) in [5, 5.41) is 0. The van der Waals surface area contributed by atoms with Crippen LogP contribution in [0.4, 0.5) is 0 Å². The third kappa shape index (κ3) is 2.87. The van der Waals surface area contributed by atoms with E-state index in [1.807, 2.05) is 0 Å². The molecule has 0 heteroatoms. The molecule has 0 aromatic carbocycles. The van der Waals surface area contributed by atoms with Crippen LogP contribution in [-0.4, -0.2) is 0 Å². The highest BCUT2D eigenvalue weighted by Crippen LogP contribution is 2.43. The zero-order valence-corrected chi connectivity index (χ0v) is 10.8. The molecular formula is C14H26. The summed E-state index contributed by atoms with van der Waals surface area (Å²) in [5.74, 6) is 1.77. The van der Waals surface area contributed by atoms with E-state index in [0.29, 0.717) is 5.41 Å². The molecule has 0 nitrogen and oxygen atoms in total. The molecule has 1 rings (SSSR count). The second-order valence-electron chi connectivity index (χ2n) is 6.42. The molecule has 1 aliphatic rings. The van der Waals surface area contributed by atoms with Gasteiger partial charge in [-0.1, -0.05) is 38.8 Å². The second kappa shape index (κ2) is 4.08. The molecule has 0 radical (unpaired) electrons. The predicted molar refractivity (Wildman–Crippen MR) is 64.3 cm³/mol. The number of hydrogen-bond donors (Lipinski definition) is 0. The monoisotopic (exact) mass is 194 g/mol. The van der Waals surface area contributed by atoms with Crippen LogP contribution in [0.2, 0.25) is 0 Å². The van der Waals surface area contributed by atoms with E-state index in [1.54, 1.807) is 11.1 Å². The molecule has 0 aliphatic heterocycles. The molecule has 0 saturated heterocycles. The van der Waals surface area contributed by atoms with Crippen LogP contribution < -0.4 is 0 Å². The number of allylic oxidation sites excluding steroid dienone is 2. The van der Waals surface area contributed by atoms with E-state index < -0.39 is 0 Å². The first kappa shape index (κ1) is 11.8. The summed E-state index contributed by atoms with van der Waals surface area (Å²) in [6.07, 6.45) is 4.10. The Morgan fingerprint density at radius 2 is 1.71 bits per heavy atom. The fourth-order valence-corrected chi connectivity index (χ4v) is 2.52. The molecule has 0 amide bonds. The van der Waals surface area contributed by atoms with E-state index in [4.69, 9.17) is 0 Å². The maximum Gasteiger partial charge on any atom is -0.0284 e. The maximum absolute atomic E-state index is 2.40. The average Bonchev–Trinajstić information content (AvgIpc) is 2.01. The fourth-order valence-electron chi connectivity index (χ4n) is 2.52. The van der Waals surface area contributed by atoms with E-state index >= 15 is 0 Å². The van der Waals surface area contributed by atoms with Gasteiger partial charge < -0.3 is 0 Å². The average molecular weight is 194 g/mol. The van der Waals surface area contributed by atoms with Crippen LogP contribution in [0.15, 0.2) is 11.1 Å².